The van der Waals surface area contributed by atoms with Crippen molar-refractivity contribution in [2.24, 2.45) is 5.73 Å². The largest absolute Gasteiger partial charge is 0.472 e. The normalized spacial score (nSPS) is 13.7. The van der Waals surface area contributed by atoms with Gasteiger partial charge in [0.15, 0.2) is 6.10 Å². The van der Waals surface area contributed by atoms with Crippen molar-refractivity contribution < 1.29 is 37.6 Å². The van der Waals surface area contributed by atoms with Crippen molar-refractivity contribution in [3.05, 3.63) is 134 Å². The number of phosphoric acid groups is 1. The molecule has 0 fully saturated rings. The van der Waals surface area contributed by atoms with E-state index in [1.165, 1.54) is 186 Å². The van der Waals surface area contributed by atoms with Crippen LogP contribution in [0, 0.1) is 0 Å². The minimum Gasteiger partial charge on any atom is -0.462 e. The van der Waals surface area contributed by atoms with E-state index in [1.54, 1.807) is 0 Å². The maximum atomic E-state index is 12.8. The fourth-order valence-corrected chi connectivity index (χ4v) is 11.3. The second-order valence-electron chi connectivity index (χ2n) is 24.8. The summed E-state index contributed by atoms with van der Waals surface area (Å²) < 4.78 is 33.2. The van der Waals surface area contributed by atoms with Gasteiger partial charge in [-0.3, -0.25) is 18.6 Å². The summed E-state index contributed by atoms with van der Waals surface area (Å²) in [5.41, 5.74) is 5.41. The van der Waals surface area contributed by atoms with Crippen molar-refractivity contribution in [2.75, 3.05) is 26.4 Å². The number of ether oxygens (including phenoxy) is 2. The molecule has 0 rings (SSSR count). The van der Waals surface area contributed by atoms with Crippen molar-refractivity contribution in [2.45, 2.75) is 341 Å². The smallest absolute Gasteiger partial charge is 0.462 e. The van der Waals surface area contributed by atoms with Crippen LogP contribution in [0.2, 0.25) is 0 Å². The molecule has 0 radical (unpaired) electrons. The van der Waals surface area contributed by atoms with Crippen LogP contribution in [0.4, 0.5) is 0 Å². The zero-order chi connectivity index (χ0) is 65.8. The summed E-state index contributed by atoms with van der Waals surface area (Å²) >= 11 is 0. The Morgan fingerprint density at radius 3 is 0.901 bits per heavy atom. The SMILES string of the molecule is CC/C=C\C/C=C\C/C=C\C/C=C\C/C=C\C/C=C\C/C=C\C/C=C\C/C=C\CCCCCCCC(=O)OC(COC(=O)CCCCCCCCCCCCCCCCCCCCCCCCCCC/C=C\C/C=C\CCCCCCC)COP(=O)(O)OCCN. The van der Waals surface area contributed by atoms with E-state index >= 15 is 0 Å². The first-order valence-corrected chi connectivity index (χ1v) is 39.2. The number of rotatable bonds is 70. The van der Waals surface area contributed by atoms with E-state index in [0.29, 0.717) is 6.42 Å². The zero-order valence-electron chi connectivity index (χ0n) is 58.8. The second-order valence-corrected chi connectivity index (χ2v) is 26.2. The highest BCUT2D eigenvalue weighted by molar-refractivity contribution is 7.47. The van der Waals surface area contributed by atoms with Gasteiger partial charge in [0.2, 0.25) is 0 Å². The summed E-state index contributed by atoms with van der Waals surface area (Å²) in [6.45, 7) is 3.62. The molecule has 3 N–H and O–H groups in total. The molecule has 0 aliphatic rings. The van der Waals surface area contributed by atoms with E-state index in [9.17, 15) is 19.0 Å². The average Bonchev–Trinajstić information content (AvgIpc) is 3.74. The molecule has 10 heteroatoms. The Bertz CT molecular complexity index is 1960. The molecular weight excluding hydrogens is 1150 g/mol. The third-order valence-electron chi connectivity index (χ3n) is 16.0. The Morgan fingerprint density at radius 2 is 0.604 bits per heavy atom. The van der Waals surface area contributed by atoms with Crippen LogP contribution >= 0.6 is 7.82 Å². The van der Waals surface area contributed by atoms with Gasteiger partial charge in [0.1, 0.15) is 6.61 Å². The molecule has 0 aromatic carbocycles. The van der Waals surface area contributed by atoms with Gasteiger partial charge in [0, 0.05) is 19.4 Å². The van der Waals surface area contributed by atoms with Gasteiger partial charge < -0.3 is 20.1 Å². The van der Waals surface area contributed by atoms with Gasteiger partial charge >= 0.3 is 19.8 Å². The molecule has 0 bridgehead atoms. The van der Waals surface area contributed by atoms with Gasteiger partial charge in [-0.2, -0.15) is 0 Å². The van der Waals surface area contributed by atoms with Crippen molar-refractivity contribution in [3.8, 4) is 0 Å². The first-order valence-electron chi connectivity index (χ1n) is 37.7. The van der Waals surface area contributed by atoms with Crippen molar-refractivity contribution in [3.63, 3.8) is 0 Å². The topological polar surface area (TPSA) is 134 Å². The minimum absolute atomic E-state index is 0.0447. The van der Waals surface area contributed by atoms with Crippen molar-refractivity contribution in [1.82, 2.24) is 0 Å². The Kier molecular flexibility index (Phi) is 72.0. The highest BCUT2D eigenvalue weighted by Crippen LogP contribution is 2.43. The highest BCUT2D eigenvalue weighted by atomic mass is 31.2. The predicted molar refractivity (Wildman–Crippen MR) is 394 cm³/mol. The van der Waals surface area contributed by atoms with E-state index in [0.717, 1.165) is 116 Å². The molecule has 522 valence electrons. The fraction of sp³-hybridized carbons (Fsp3) is 0.704. The van der Waals surface area contributed by atoms with Gasteiger partial charge in [0.25, 0.3) is 0 Å². The number of carbonyl (C=O) groups excluding carboxylic acids is 2. The third-order valence-corrected chi connectivity index (χ3v) is 17.0. The summed E-state index contributed by atoms with van der Waals surface area (Å²) in [6.07, 6.45) is 107. The molecule has 0 spiro atoms. The molecule has 0 aromatic heterocycles. The van der Waals surface area contributed by atoms with Gasteiger partial charge in [-0.1, -0.05) is 340 Å². The molecule has 2 unspecified atom stereocenters. The van der Waals surface area contributed by atoms with E-state index in [4.69, 9.17) is 24.3 Å². The molecule has 2 atom stereocenters. The summed E-state index contributed by atoms with van der Waals surface area (Å²) in [7, 11) is -4.41. The van der Waals surface area contributed by atoms with Crippen LogP contribution in [0.15, 0.2) is 134 Å². The lowest BCUT2D eigenvalue weighted by atomic mass is 10.0. The number of phosphoric ester groups is 1. The van der Waals surface area contributed by atoms with Crippen LogP contribution < -0.4 is 5.73 Å². The standard InChI is InChI=1S/C81H140NO8P/c1-3-5-7-9-11-13-15-17-19-21-23-25-27-29-31-33-35-37-38-39-40-42-43-45-47-49-51-53-55-57-59-61-63-65-67-69-71-73-80(83)87-77-79(78-89-91(85,86)88-76-75-82)90-81(84)74-72-70-68-66-64-62-60-58-56-54-52-50-48-46-44-41-36-34-32-30-28-26-24-22-20-18-16-14-12-10-8-6-4-2/h6,8,12,14-15,17-18,20-21,23-24,26,30,32,36,41,46,48,52,54,58,60,79H,3-5,7,9-11,13,16,19,22,25,27-29,31,33-35,37-40,42-45,47,49-51,53,55-57,59,61-78,82H2,1-2H3,(H,85,86)/b8-6-,14-12-,17-15-,20-18-,23-21-,26-24-,32-30-,41-36-,48-46-,54-52-,60-58-. The summed E-state index contributed by atoms with van der Waals surface area (Å²) in [5, 5.41) is 0. The van der Waals surface area contributed by atoms with Crippen LogP contribution in [0.25, 0.3) is 0 Å². The first-order chi connectivity index (χ1) is 44.8. The lowest BCUT2D eigenvalue weighted by Crippen LogP contribution is -2.29. The lowest BCUT2D eigenvalue weighted by Gasteiger charge is -2.19. The number of hydrogen-bond acceptors (Lipinski definition) is 8. The number of carbonyl (C=O) groups is 2. The van der Waals surface area contributed by atoms with Crippen LogP contribution in [-0.4, -0.2) is 49.3 Å². The third kappa shape index (κ3) is 75.1. The van der Waals surface area contributed by atoms with Gasteiger partial charge in [-0.25, -0.2) is 4.57 Å². The number of unbranched alkanes of at least 4 members (excludes halogenated alkanes) is 35. The Hall–Kier alpha value is -3.85. The van der Waals surface area contributed by atoms with Crippen molar-refractivity contribution >= 4 is 19.8 Å². The Labute approximate surface area is 561 Å². The molecule has 0 amide bonds. The molecule has 0 saturated heterocycles. The monoisotopic (exact) mass is 1290 g/mol. The van der Waals surface area contributed by atoms with Crippen LogP contribution in [0.1, 0.15) is 335 Å². The van der Waals surface area contributed by atoms with Gasteiger partial charge in [0.05, 0.1) is 13.2 Å². The van der Waals surface area contributed by atoms with Crippen LogP contribution in [0.5, 0.6) is 0 Å². The molecular formula is C81H140NO8P. The van der Waals surface area contributed by atoms with Crippen LogP contribution in [0.3, 0.4) is 0 Å². The molecule has 0 aliphatic carbocycles. The average molecular weight is 1290 g/mol. The van der Waals surface area contributed by atoms with Gasteiger partial charge in [-0.15, -0.1) is 0 Å². The van der Waals surface area contributed by atoms with Crippen molar-refractivity contribution in [1.29, 1.82) is 0 Å². The molecule has 0 aromatic rings. The predicted octanol–water partition coefficient (Wildman–Crippen LogP) is 25.2. The molecule has 0 saturated carbocycles. The first kappa shape index (κ1) is 87.2. The Morgan fingerprint density at radius 1 is 0.341 bits per heavy atom. The molecule has 91 heavy (non-hydrogen) atoms. The zero-order valence-corrected chi connectivity index (χ0v) is 59.7. The van der Waals surface area contributed by atoms with Gasteiger partial charge in [-0.05, 0) is 116 Å². The second kappa shape index (κ2) is 75.2. The molecule has 0 aliphatic heterocycles. The quantitative estimate of drug-likeness (QED) is 0.0264. The number of hydrogen-bond donors (Lipinski definition) is 2. The molecule has 0 heterocycles. The number of nitrogens with two attached hydrogens (primary N) is 1. The minimum atomic E-state index is -4.41. The van der Waals surface area contributed by atoms with E-state index in [-0.39, 0.29) is 38.6 Å². The summed E-state index contributed by atoms with van der Waals surface area (Å²) in [5.74, 6) is -0.846. The van der Waals surface area contributed by atoms with E-state index in [2.05, 4.69) is 148 Å². The number of allylic oxidation sites excluding steroid dienone is 22. The lowest BCUT2D eigenvalue weighted by molar-refractivity contribution is -0.161. The summed E-state index contributed by atoms with van der Waals surface area (Å²) in [4.78, 5) is 35.4. The van der Waals surface area contributed by atoms with Crippen LogP contribution in [-0.2, 0) is 32.7 Å². The number of esters is 2. The maximum absolute atomic E-state index is 12.8. The van der Waals surface area contributed by atoms with E-state index in [1.807, 2.05) is 0 Å². The Balaban J connectivity index is 3.89. The fourth-order valence-electron chi connectivity index (χ4n) is 10.5. The molecule has 9 nitrogen and oxygen atoms in total. The summed E-state index contributed by atoms with van der Waals surface area (Å²) in [6, 6.07) is 0. The maximum Gasteiger partial charge on any atom is 0.472 e. The van der Waals surface area contributed by atoms with E-state index < -0.39 is 26.5 Å². The highest BCUT2D eigenvalue weighted by Gasteiger charge is 2.26.